The number of hydrogen-bond acceptors (Lipinski definition) is 4. The zero-order valence-electron chi connectivity index (χ0n) is 12.8. The summed E-state index contributed by atoms with van der Waals surface area (Å²) in [6.45, 7) is 1.55. The first-order valence-electron chi connectivity index (χ1n) is 7.18. The van der Waals surface area contributed by atoms with E-state index in [1.807, 2.05) is 31.6 Å². The van der Waals surface area contributed by atoms with Gasteiger partial charge < -0.3 is 14.4 Å². The first-order chi connectivity index (χ1) is 10.7. The van der Waals surface area contributed by atoms with Crippen LogP contribution >= 0.6 is 0 Å². The summed E-state index contributed by atoms with van der Waals surface area (Å²) >= 11 is 0. The van der Waals surface area contributed by atoms with E-state index in [2.05, 4.69) is 11.2 Å². The van der Waals surface area contributed by atoms with Crippen molar-refractivity contribution in [3.05, 3.63) is 36.2 Å². The van der Waals surface area contributed by atoms with Gasteiger partial charge >= 0.3 is 0 Å². The number of amides is 1. The van der Waals surface area contributed by atoms with Crippen LogP contribution in [0.3, 0.4) is 0 Å². The number of anilines is 1. The van der Waals surface area contributed by atoms with E-state index in [1.54, 1.807) is 16.7 Å². The van der Waals surface area contributed by atoms with Gasteiger partial charge in [0.25, 0.3) is 5.91 Å². The average molecular weight is 301 g/mol. The number of nitrogens with zero attached hydrogens (tertiary/aromatic N) is 3. The first-order valence-corrected chi connectivity index (χ1v) is 7.18. The van der Waals surface area contributed by atoms with Crippen LogP contribution in [-0.2, 0) is 27.9 Å². The minimum absolute atomic E-state index is 0.0371. The topological polar surface area (TPSA) is 56.6 Å². The third kappa shape index (κ3) is 2.88. The van der Waals surface area contributed by atoms with E-state index < -0.39 is 0 Å². The monoisotopic (exact) mass is 301 g/mol. The number of methoxy groups -OCH3 is 1. The van der Waals surface area contributed by atoms with Crippen molar-refractivity contribution in [2.75, 3.05) is 31.8 Å². The predicted octanol–water partition coefficient (Wildman–Crippen LogP) is 1.60. The molecule has 22 heavy (non-hydrogen) atoms. The maximum Gasteiger partial charge on any atom is 0.253 e. The van der Waals surface area contributed by atoms with Crippen molar-refractivity contribution in [1.82, 2.24) is 9.78 Å². The number of hydrogen-bond donors (Lipinski definition) is 0. The summed E-state index contributed by atoms with van der Waals surface area (Å²) in [6.07, 6.45) is 3.79. The molecule has 0 N–H and O–H groups in total. The Morgan fingerprint density at radius 2 is 2.18 bits per heavy atom. The maximum absolute atomic E-state index is 12.2. The summed E-state index contributed by atoms with van der Waals surface area (Å²) in [7, 11) is 3.52. The second-order valence-electron chi connectivity index (χ2n) is 5.28. The van der Waals surface area contributed by atoms with Crippen molar-refractivity contribution in [3.8, 4) is 11.1 Å². The molecule has 0 atom stereocenters. The molecule has 1 aliphatic rings. The average Bonchev–Trinajstić information content (AvgIpc) is 2.88. The number of ether oxygens (including phenoxy) is 2. The molecule has 116 valence electrons. The highest BCUT2D eigenvalue weighted by Gasteiger charge is 2.22. The van der Waals surface area contributed by atoms with Gasteiger partial charge in [0.05, 0.1) is 19.4 Å². The molecule has 2 aromatic rings. The van der Waals surface area contributed by atoms with E-state index in [0.29, 0.717) is 19.8 Å². The molecule has 6 heteroatoms. The fraction of sp³-hybridized carbons (Fsp3) is 0.375. The van der Waals surface area contributed by atoms with Gasteiger partial charge in [0.1, 0.15) is 6.61 Å². The third-order valence-corrected chi connectivity index (χ3v) is 3.71. The molecular weight excluding hydrogens is 282 g/mol. The number of rotatable bonds is 4. The van der Waals surface area contributed by atoms with Crippen molar-refractivity contribution in [2.24, 2.45) is 7.05 Å². The minimum atomic E-state index is -0.0371. The van der Waals surface area contributed by atoms with Crippen molar-refractivity contribution in [3.63, 3.8) is 0 Å². The van der Waals surface area contributed by atoms with Crippen molar-refractivity contribution >= 4 is 11.6 Å². The quantitative estimate of drug-likeness (QED) is 0.860. The molecule has 2 heterocycles. The Bertz CT molecular complexity index is 681. The number of aryl methyl sites for hydroxylation is 1. The van der Waals surface area contributed by atoms with Gasteiger partial charge in [-0.15, -0.1) is 0 Å². The lowest BCUT2D eigenvalue weighted by Crippen LogP contribution is -2.35. The van der Waals surface area contributed by atoms with Crippen LogP contribution in [0.15, 0.2) is 30.6 Å². The molecule has 0 unspecified atom stereocenters. The van der Waals surface area contributed by atoms with Crippen LogP contribution in [0, 0.1) is 0 Å². The van der Waals surface area contributed by atoms with Crippen LogP contribution in [0.25, 0.3) is 11.1 Å². The molecule has 0 saturated heterocycles. The van der Waals surface area contributed by atoms with Gasteiger partial charge in [-0.2, -0.15) is 5.10 Å². The smallest absolute Gasteiger partial charge is 0.253 e. The molecule has 1 aliphatic heterocycles. The molecule has 0 bridgehead atoms. The Balaban J connectivity index is 1.96. The molecule has 6 nitrogen and oxygen atoms in total. The van der Waals surface area contributed by atoms with E-state index in [-0.39, 0.29) is 12.5 Å². The van der Waals surface area contributed by atoms with Crippen LogP contribution in [0.1, 0.15) is 5.56 Å². The summed E-state index contributed by atoms with van der Waals surface area (Å²) in [5.41, 5.74) is 4.01. The third-order valence-electron chi connectivity index (χ3n) is 3.71. The molecule has 0 aliphatic carbocycles. The van der Waals surface area contributed by atoms with Gasteiger partial charge in [0, 0.05) is 43.7 Å². The van der Waals surface area contributed by atoms with Crippen molar-refractivity contribution in [1.29, 1.82) is 0 Å². The van der Waals surface area contributed by atoms with Crippen LogP contribution < -0.4 is 4.90 Å². The van der Waals surface area contributed by atoms with Crippen LogP contribution in [0.4, 0.5) is 5.69 Å². The zero-order valence-corrected chi connectivity index (χ0v) is 12.8. The molecule has 1 aromatic heterocycles. The first kappa shape index (κ1) is 14.7. The molecule has 1 amide bonds. The van der Waals surface area contributed by atoms with Crippen LogP contribution in [0.5, 0.6) is 0 Å². The second-order valence-corrected chi connectivity index (χ2v) is 5.28. The summed E-state index contributed by atoms with van der Waals surface area (Å²) in [5.74, 6) is -0.0371. The molecule has 0 fully saturated rings. The summed E-state index contributed by atoms with van der Waals surface area (Å²) in [5, 5.41) is 4.20. The molecule has 3 rings (SSSR count). The number of carbonyl (C=O) groups excluding carboxylic acids is 1. The van der Waals surface area contributed by atoms with E-state index in [4.69, 9.17) is 9.47 Å². The highest BCUT2D eigenvalue weighted by Crippen LogP contribution is 2.29. The fourth-order valence-corrected chi connectivity index (χ4v) is 2.60. The maximum atomic E-state index is 12.2. The molecule has 0 saturated carbocycles. The highest BCUT2D eigenvalue weighted by molar-refractivity contribution is 5.96. The SMILES string of the molecule is COCCN1C(=O)COCc2cc(-c3cnn(C)c3)ccc21. The van der Waals surface area contributed by atoms with E-state index in [1.165, 1.54) is 0 Å². The van der Waals surface area contributed by atoms with E-state index in [0.717, 1.165) is 22.4 Å². The standard InChI is InChI=1S/C16H19N3O3/c1-18-9-14(8-17-18)12-3-4-15-13(7-12)10-22-11-16(20)19(15)5-6-21-2/h3-4,7-9H,5-6,10-11H2,1-2H3. The molecule has 1 aromatic carbocycles. The predicted molar refractivity (Wildman–Crippen MR) is 82.5 cm³/mol. The summed E-state index contributed by atoms with van der Waals surface area (Å²) in [6, 6.07) is 6.04. The van der Waals surface area contributed by atoms with Crippen molar-refractivity contribution < 1.29 is 14.3 Å². The van der Waals surface area contributed by atoms with Crippen LogP contribution in [0.2, 0.25) is 0 Å². The Morgan fingerprint density at radius 1 is 1.32 bits per heavy atom. The number of benzene rings is 1. The Hall–Kier alpha value is -2.18. The van der Waals surface area contributed by atoms with Gasteiger partial charge in [-0.1, -0.05) is 6.07 Å². The van der Waals surface area contributed by atoms with Gasteiger partial charge in [-0.05, 0) is 17.7 Å². The van der Waals surface area contributed by atoms with Crippen LogP contribution in [-0.4, -0.2) is 42.6 Å². The number of fused-ring (bicyclic) bond motifs is 1. The van der Waals surface area contributed by atoms with Gasteiger partial charge in [-0.3, -0.25) is 9.48 Å². The summed E-state index contributed by atoms with van der Waals surface area (Å²) in [4.78, 5) is 13.9. The lowest BCUT2D eigenvalue weighted by Gasteiger charge is -2.22. The Labute approximate surface area is 129 Å². The van der Waals surface area contributed by atoms with Crippen molar-refractivity contribution in [2.45, 2.75) is 6.61 Å². The van der Waals surface area contributed by atoms with Gasteiger partial charge in [-0.25, -0.2) is 0 Å². The number of carbonyl (C=O) groups is 1. The van der Waals surface area contributed by atoms with Gasteiger partial charge in [0.2, 0.25) is 0 Å². The van der Waals surface area contributed by atoms with E-state index in [9.17, 15) is 4.79 Å². The lowest BCUT2D eigenvalue weighted by atomic mass is 10.0. The molecule has 0 radical (unpaired) electrons. The number of aromatic nitrogens is 2. The summed E-state index contributed by atoms with van der Waals surface area (Å²) < 4.78 is 12.4. The van der Waals surface area contributed by atoms with Gasteiger partial charge in [0.15, 0.2) is 0 Å². The lowest BCUT2D eigenvalue weighted by molar-refractivity contribution is -0.123. The Morgan fingerprint density at radius 3 is 2.91 bits per heavy atom. The minimum Gasteiger partial charge on any atom is -0.383 e. The van der Waals surface area contributed by atoms with E-state index >= 15 is 0 Å². The second kappa shape index (κ2) is 6.29. The molecular formula is C16H19N3O3. The highest BCUT2D eigenvalue weighted by atomic mass is 16.5. The fourth-order valence-electron chi connectivity index (χ4n) is 2.60. The Kier molecular flexibility index (Phi) is 4.22. The normalized spacial score (nSPS) is 14.8. The molecule has 0 spiro atoms. The largest absolute Gasteiger partial charge is 0.383 e. The zero-order chi connectivity index (χ0) is 15.5.